The molecule has 0 aliphatic heterocycles. The lowest BCUT2D eigenvalue weighted by molar-refractivity contribution is -0.144. The van der Waals surface area contributed by atoms with Crippen LogP contribution in [-0.2, 0) is 9.53 Å². The molecule has 24 heavy (non-hydrogen) atoms. The van der Waals surface area contributed by atoms with E-state index in [1.807, 2.05) is 25.1 Å². The Hall–Kier alpha value is -2.13. The molecule has 1 aliphatic rings. The largest absolute Gasteiger partial charge is 0.466 e. The summed E-state index contributed by atoms with van der Waals surface area (Å²) in [6.45, 7) is 2.23. The van der Waals surface area contributed by atoms with Crippen LogP contribution in [0.15, 0.2) is 54.6 Å². The standard InChI is InChI=1S/C21H24O3/c1-2-24-20(23)14-18-12-13-19(22)21(18)17-10-8-16(9-11-17)15-6-4-3-5-7-15/h3-11,18-19,21-22H,2,12-14H2,1H3. The van der Waals surface area contributed by atoms with Crippen molar-refractivity contribution in [3.8, 4) is 11.1 Å². The molecule has 0 radical (unpaired) electrons. The number of hydrogen-bond donors (Lipinski definition) is 1. The summed E-state index contributed by atoms with van der Waals surface area (Å²) < 4.78 is 5.08. The number of aliphatic hydroxyl groups is 1. The van der Waals surface area contributed by atoms with E-state index in [0.717, 1.165) is 24.0 Å². The second-order valence-corrected chi connectivity index (χ2v) is 6.43. The van der Waals surface area contributed by atoms with Gasteiger partial charge in [0.15, 0.2) is 0 Å². The van der Waals surface area contributed by atoms with Gasteiger partial charge >= 0.3 is 5.97 Å². The van der Waals surface area contributed by atoms with Crippen molar-refractivity contribution in [1.82, 2.24) is 0 Å². The third-order valence-electron chi connectivity index (χ3n) is 4.89. The molecule has 1 N–H and O–H groups in total. The van der Waals surface area contributed by atoms with E-state index in [4.69, 9.17) is 4.74 Å². The van der Waals surface area contributed by atoms with Crippen molar-refractivity contribution >= 4 is 5.97 Å². The minimum Gasteiger partial charge on any atom is -0.466 e. The van der Waals surface area contributed by atoms with Gasteiger partial charge in [0.2, 0.25) is 0 Å². The van der Waals surface area contributed by atoms with Crippen molar-refractivity contribution < 1.29 is 14.6 Å². The maximum Gasteiger partial charge on any atom is 0.306 e. The van der Waals surface area contributed by atoms with Crippen molar-refractivity contribution in [1.29, 1.82) is 0 Å². The Balaban J connectivity index is 1.77. The Kier molecular flexibility index (Phi) is 5.31. The Bertz CT molecular complexity index is 663. The fraction of sp³-hybridized carbons (Fsp3) is 0.381. The molecule has 0 amide bonds. The van der Waals surface area contributed by atoms with Crippen LogP contribution in [0.1, 0.15) is 37.7 Å². The molecule has 3 rings (SSSR count). The highest BCUT2D eigenvalue weighted by Crippen LogP contribution is 2.42. The lowest BCUT2D eigenvalue weighted by Crippen LogP contribution is -2.20. The number of aliphatic hydroxyl groups excluding tert-OH is 1. The van der Waals surface area contributed by atoms with Gasteiger partial charge in [-0.1, -0.05) is 54.6 Å². The van der Waals surface area contributed by atoms with E-state index in [9.17, 15) is 9.90 Å². The maximum atomic E-state index is 11.8. The van der Waals surface area contributed by atoms with E-state index >= 15 is 0 Å². The van der Waals surface area contributed by atoms with Gasteiger partial charge < -0.3 is 9.84 Å². The molecular weight excluding hydrogens is 300 g/mol. The zero-order valence-electron chi connectivity index (χ0n) is 14.0. The summed E-state index contributed by atoms with van der Waals surface area (Å²) in [5.74, 6) is 0.00311. The van der Waals surface area contributed by atoms with Crippen LogP contribution in [-0.4, -0.2) is 23.8 Å². The molecule has 3 heteroatoms. The number of carbonyl (C=O) groups is 1. The van der Waals surface area contributed by atoms with Crippen LogP contribution in [0.25, 0.3) is 11.1 Å². The van der Waals surface area contributed by atoms with Crippen LogP contribution in [0.3, 0.4) is 0 Å². The molecule has 0 aromatic heterocycles. The predicted molar refractivity (Wildman–Crippen MR) is 94.6 cm³/mol. The first-order valence-electron chi connectivity index (χ1n) is 8.68. The number of carbonyl (C=O) groups excluding carboxylic acids is 1. The second-order valence-electron chi connectivity index (χ2n) is 6.43. The van der Waals surface area contributed by atoms with Gasteiger partial charge in [0.1, 0.15) is 0 Å². The van der Waals surface area contributed by atoms with Crippen LogP contribution >= 0.6 is 0 Å². The molecule has 3 unspecified atom stereocenters. The minimum absolute atomic E-state index is 0.0132. The predicted octanol–water partition coefficient (Wildman–Crippen LogP) is 4.16. The molecule has 0 spiro atoms. The van der Waals surface area contributed by atoms with E-state index in [2.05, 4.69) is 36.4 Å². The molecule has 1 saturated carbocycles. The van der Waals surface area contributed by atoms with Gasteiger partial charge in [0.25, 0.3) is 0 Å². The average Bonchev–Trinajstić information content (AvgIpc) is 2.96. The summed E-state index contributed by atoms with van der Waals surface area (Å²) in [5.41, 5.74) is 3.45. The van der Waals surface area contributed by atoms with Crippen molar-refractivity contribution in [3.63, 3.8) is 0 Å². The van der Waals surface area contributed by atoms with Crippen LogP contribution < -0.4 is 0 Å². The van der Waals surface area contributed by atoms with E-state index in [0.29, 0.717) is 13.0 Å². The summed E-state index contributed by atoms with van der Waals surface area (Å²) in [7, 11) is 0. The molecule has 3 nitrogen and oxygen atoms in total. The molecular formula is C21H24O3. The Morgan fingerprint density at radius 2 is 1.71 bits per heavy atom. The van der Waals surface area contributed by atoms with E-state index in [1.54, 1.807) is 0 Å². The average molecular weight is 324 g/mol. The molecule has 1 aliphatic carbocycles. The second kappa shape index (κ2) is 7.63. The van der Waals surface area contributed by atoms with Gasteiger partial charge in [-0.3, -0.25) is 4.79 Å². The van der Waals surface area contributed by atoms with E-state index in [-0.39, 0.29) is 23.9 Å². The highest BCUT2D eigenvalue weighted by molar-refractivity contribution is 5.70. The molecule has 126 valence electrons. The smallest absolute Gasteiger partial charge is 0.306 e. The van der Waals surface area contributed by atoms with Crippen LogP contribution in [0.2, 0.25) is 0 Å². The first-order valence-corrected chi connectivity index (χ1v) is 8.68. The molecule has 0 saturated heterocycles. The summed E-state index contributed by atoms with van der Waals surface area (Å²) >= 11 is 0. The molecule has 2 aromatic rings. The van der Waals surface area contributed by atoms with Gasteiger partial charge in [-0.2, -0.15) is 0 Å². The monoisotopic (exact) mass is 324 g/mol. The van der Waals surface area contributed by atoms with Gasteiger partial charge in [-0.15, -0.1) is 0 Å². The first kappa shape index (κ1) is 16.7. The van der Waals surface area contributed by atoms with Crippen molar-refractivity contribution in [2.75, 3.05) is 6.61 Å². The third-order valence-corrected chi connectivity index (χ3v) is 4.89. The highest BCUT2D eigenvalue weighted by Gasteiger charge is 2.37. The number of hydrogen-bond acceptors (Lipinski definition) is 3. The van der Waals surface area contributed by atoms with Gasteiger partial charge in [-0.25, -0.2) is 0 Å². The van der Waals surface area contributed by atoms with Crippen LogP contribution in [0.5, 0.6) is 0 Å². The molecule has 0 heterocycles. The minimum atomic E-state index is -0.382. The number of esters is 1. The summed E-state index contributed by atoms with van der Waals surface area (Å²) in [5, 5.41) is 10.4. The molecule has 1 fully saturated rings. The lowest BCUT2D eigenvalue weighted by Gasteiger charge is -2.22. The molecule has 2 aromatic carbocycles. The SMILES string of the molecule is CCOC(=O)CC1CCC(O)C1c1ccc(-c2ccccc2)cc1. The summed E-state index contributed by atoms with van der Waals surface area (Å²) in [4.78, 5) is 11.8. The van der Waals surface area contributed by atoms with E-state index in [1.165, 1.54) is 5.56 Å². The first-order chi connectivity index (χ1) is 11.7. The van der Waals surface area contributed by atoms with Gasteiger partial charge in [0, 0.05) is 12.3 Å². The number of benzene rings is 2. The Labute approximate surface area is 143 Å². The fourth-order valence-corrected chi connectivity index (χ4v) is 3.74. The Morgan fingerprint density at radius 1 is 1.04 bits per heavy atom. The summed E-state index contributed by atoms with van der Waals surface area (Å²) in [6, 6.07) is 18.6. The topological polar surface area (TPSA) is 46.5 Å². The zero-order valence-corrected chi connectivity index (χ0v) is 14.0. The zero-order chi connectivity index (χ0) is 16.9. The van der Waals surface area contributed by atoms with Crippen LogP contribution in [0, 0.1) is 5.92 Å². The molecule has 0 bridgehead atoms. The fourth-order valence-electron chi connectivity index (χ4n) is 3.74. The quantitative estimate of drug-likeness (QED) is 0.840. The van der Waals surface area contributed by atoms with Crippen molar-refractivity contribution in [2.45, 2.75) is 38.2 Å². The van der Waals surface area contributed by atoms with E-state index < -0.39 is 0 Å². The van der Waals surface area contributed by atoms with Crippen molar-refractivity contribution in [2.24, 2.45) is 5.92 Å². The summed E-state index contributed by atoms with van der Waals surface area (Å²) in [6.07, 6.45) is 1.61. The maximum absolute atomic E-state index is 11.8. The lowest BCUT2D eigenvalue weighted by atomic mass is 9.85. The van der Waals surface area contributed by atoms with Gasteiger partial charge in [-0.05, 0) is 42.4 Å². The highest BCUT2D eigenvalue weighted by atomic mass is 16.5. The third kappa shape index (κ3) is 3.68. The van der Waals surface area contributed by atoms with Crippen LogP contribution in [0.4, 0.5) is 0 Å². The number of ether oxygens (including phenoxy) is 1. The van der Waals surface area contributed by atoms with Crippen molar-refractivity contribution in [3.05, 3.63) is 60.2 Å². The van der Waals surface area contributed by atoms with Gasteiger partial charge in [0.05, 0.1) is 12.7 Å². The molecule has 3 atom stereocenters. The number of rotatable bonds is 5. The normalized spacial score (nSPS) is 23.2. The Morgan fingerprint density at radius 3 is 2.38 bits per heavy atom.